The number of hydrogen-bond acceptors (Lipinski definition) is 5. The fraction of sp³-hybridized carbons (Fsp3) is 0.423. The van der Waals surface area contributed by atoms with Crippen molar-refractivity contribution in [3.8, 4) is 0 Å². The molecule has 1 aromatic carbocycles. The minimum Gasteiger partial charge on any atom is -0.322 e. The van der Waals surface area contributed by atoms with Crippen LogP contribution in [0, 0.1) is 13.8 Å². The average molecular weight is 462 g/mol. The summed E-state index contributed by atoms with van der Waals surface area (Å²) in [6.45, 7) is 8.98. The van der Waals surface area contributed by atoms with Crippen molar-refractivity contribution in [3.63, 3.8) is 0 Å². The normalized spacial score (nSPS) is 13.6. The van der Waals surface area contributed by atoms with Crippen LogP contribution in [0.25, 0.3) is 10.2 Å². The monoisotopic (exact) mass is 461 g/mol. The van der Waals surface area contributed by atoms with Gasteiger partial charge in [0.1, 0.15) is 4.83 Å². The molecule has 0 atom stereocenters. The maximum absolute atomic E-state index is 13.6. The zero-order chi connectivity index (χ0) is 23.1. The highest BCUT2D eigenvalue weighted by Gasteiger charge is 2.24. The molecule has 33 heavy (non-hydrogen) atoms. The van der Waals surface area contributed by atoms with Gasteiger partial charge >= 0.3 is 0 Å². The highest BCUT2D eigenvalue weighted by Crippen LogP contribution is 2.35. The van der Waals surface area contributed by atoms with Crippen LogP contribution in [0.4, 0.5) is 11.6 Å². The number of benzene rings is 1. The van der Waals surface area contributed by atoms with Crippen molar-refractivity contribution < 1.29 is 0 Å². The molecule has 6 nitrogen and oxygen atoms in total. The Morgan fingerprint density at radius 3 is 2.64 bits per heavy atom. The molecular weight excluding hydrogens is 430 g/mol. The van der Waals surface area contributed by atoms with Gasteiger partial charge in [0, 0.05) is 17.5 Å². The molecule has 1 aliphatic carbocycles. The van der Waals surface area contributed by atoms with Gasteiger partial charge in [-0.15, -0.1) is 11.3 Å². The van der Waals surface area contributed by atoms with Gasteiger partial charge in [-0.1, -0.05) is 30.3 Å². The Bertz CT molecular complexity index is 1360. The number of aromatic nitrogens is 4. The third-order valence-electron chi connectivity index (χ3n) is 6.61. The average Bonchev–Trinajstić information content (AvgIpc) is 3.30. The summed E-state index contributed by atoms with van der Waals surface area (Å²) in [7, 11) is 0. The quantitative estimate of drug-likeness (QED) is 0.399. The first-order valence-electron chi connectivity index (χ1n) is 11.9. The molecule has 0 amide bonds. The Kier molecular flexibility index (Phi) is 5.83. The van der Waals surface area contributed by atoms with Gasteiger partial charge in [0.05, 0.1) is 22.5 Å². The number of thiophene rings is 1. The summed E-state index contributed by atoms with van der Waals surface area (Å²) in [5.74, 6) is 0.606. The van der Waals surface area contributed by atoms with E-state index in [0.29, 0.717) is 5.95 Å². The molecular formula is C26H31N5OS. The van der Waals surface area contributed by atoms with Crippen LogP contribution in [-0.2, 0) is 25.8 Å². The molecule has 4 aromatic rings. The Balaban J connectivity index is 1.52. The van der Waals surface area contributed by atoms with Crippen LogP contribution < -0.4 is 10.9 Å². The number of rotatable bonds is 6. The number of nitrogens with one attached hydrogen (secondary N) is 1. The molecule has 5 rings (SSSR count). The van der Waals surface area contributed by atoms with E-state index < -0.39 is 0 Å². The van der Waals surface area contributed by atoms with Crippen molar-refractivity contribution in [2.45, 2.75) is 72.4 Å². The number of fused-ring (bicyclic) bond motifs is 3. The van der Waals surface area contributed by atoms with Crippen molar-refractivity contribution in [3.05, 3.63) is 68.1 Å². The minimum absolute atomic E-state index is 0.00442. The summed E-state index contributed by atoms with van der Waals surface area (Å²) in [5.41, 5.74) is 5.51. The van der Waals surface area contributed by atoms with E-state index in [-0.39, 0.29) is 11.6 Å². The lowest BCUT2D eigenvalue weighted by atomic mass is 9.97. The van der Waals surface area contributed by atoms with Gasteiger partial charge in [-0.3, -0.25) is 14.0 Å². The van der Waals surface area contributed by atoms with Gasteiger partial charge in [-0.05, 0) is 70.9 Å². The predicted octanol–water partition coefficient (Wildman–Crippen LogP) is 5.72. The molecule has 0 bridgehead atoms. The molecule has 1 N–H and O–H groups in total. The topological polar surface area (TPSA) is 64.7 Å². The van der Waals surface area contributed by atoms with Crippen LogP contribution in [0.2, 0.25) is 0 Å². The number of nitrogens with zero attached hydrogens (tertiary/aromatic N) is 4. The minimum atomic E-state index is 0.00442. The van der Waals surface area contributed by atoms with Crippen LogP contribution in [0.3, 0.4) is 0 Å². The molecule has 0 saturated carbocycles. The van der Waals surface area contributed by atoms with Crippen LogP contribution in [0.15, 0.2) is 35.1 Å². The number of anilines is 2. The van der Waals surface area contributed by atoms with E-state index in [1.54, 1.807) is 11.3 Å². The first-order chi connectivity index (χ1) is 15.9. The highest BCUT2D eigenvalue weighted by atomic mass is 32.1. The summed E-state index contributed by atoms with van der Waals surface area (Å²) in [5, 5.41) is 9.11. The molecule has 3 aromatic heterocycles. The molecule has 172 valence electrons. The van der Waals surface area contributed by atoms with E-state index in [1.807, 2.05) is 36.1 Å². The smallest absolute Gasteiger partial charge is 0.264 e. The van der Waals surface area contributed by atoms with Gasteiger partial charge in [-0.25, -0.2) is 4.98 Å². The predicted molar refractivity (Wildman–Crippen MR) is 136 cm³/mol. The molecule has 0 unspecified atom stereocenters. The largest absolute Gasteiger partial charge is 0.322 e. The van der Waals surface area contributed by atoms with E-state index in [0.717, 1.165) is 59.5 Å². The standard InChI is InChI=1S/C26H31N5OS/c1-16(2)31-25(32)22-20-12-8-9-13-21(20)33-24(22)28-26(31)27-23-17(3)29-30(18(23)4)15-14-19-10-6-5-7-11-19/h5-7,10-11,16H,8-9,12-15H2,1-4H3,(H,27,28). The van der Waals surface area contributed by atoms with Gasteiger partial charge in [0.25, 0.3) is 5.56 Å². The molecule has 0 aliphatic heterocycles. The van der Waals surface area contributed by atoms with E-state index in [4.69, 9.17) is 10.1 Å². The maximum atomic E-state index is 13.6. The molecule has 0 radical (unpaired) electrons. The van der Waals surface area contributed by atoms with Crippen molar-refractivity contribution in [1.82, 2.24) is 19.3 Å². The van der Waals surface area contributed by atoms with E-state index in [1.165, 1.54) is 22.4 Å². The summed E-state index contributed by atoms with van der Waals surface area (Å²) in [4.78, 5) is 20.8. The Labute approximate surface area is 198 Å². The Morgan fingerprint density at radius 1 is 1.12 bits per heavy atom. The van der Waals surface area contributed by atoms with Gasteiger partial charge in [-0.2, -0.15) is 5.10 Å². The molecule has 7 heteroatoms. The fourth-order valence-electron chi connectivity index (χ4n) is 4.87. The van der Waals surface area contributed by atoms with Crippen molar-refractivity contribution >= 4 is 33.2 Å². The third-order valence-corrected chi connectivity index (χ3v) is 7.80. The first-order valence-corrected chi connectivity index (χ1v) is 12.7. The lowest BCUT2D eigenvalue weighted by molar-refractivity contribution is 0.582. The van der Waals surface area contributed by atoms with Gasteiger partial charge in [0.15, 0.2) is 0 Å². The first kappa shape index (κ1) is 21.9. The Morgan fingerprint density at radius 2 is 1.88 bits per heavy atom. The van der Waals surface area contributed by atoms with Crippen LogP contribution in [0.5, 0.6) is 0 Å². The van der Waals surface area contributed by atoms with E-state index in [2.05, 4.69) is 36.5 Å². The van der Waals surface area contributed by atoms with E-state index >= 15 is 0 Å². The molecule has 3 heterocycles. The van der Waals surface area contributed by atoms with Crippen molar-refractivity contribution in [1.29, 1.82) is 0 Å². The fourth-order valence-corrected chi connectivity index (χ4v) is 6.12. The summed E-state index contributed by atoms with van der Waals surface area (Å²) in [6, 6.07) is 10.5. The second-order valence-electron chi connectivity index (χ2n) is 9.22. The molecule has 0 fully saturated rings. The van der Waals surface area contributed by atoms with Crippen molar-refractivity contribution in [2.75, 3.05) is 5.32 Å². The highest BCUT2D eigenvalue weighted by molar-refractivity contribution is 7.18. The van der Waals surface area contributed by atoms with E-state index in [9.17, 15) is 4.79 Å². The maximum Gasteiger partial charge on any atom is 0.264 e. The van der Waals surface area contributed by atoms with Crippen LogP contribution in [0.1, 0.15) is 60.1 Å². The van der Waals surface area contributed by atoms with Gasteiger partial charge < -0.3 is 5.32 Å². The second-order valence-corrected chi connectivity index (χ2v) is 10.3. The lowest BCUT2D eigenvalue weighted by Crippen LogP contribution is -2.26. The molecule has 0 spiro atoms. The summed E-state index contributed by atoms with van der Waals surface area (Å²) >= 11 is 1.69. The molecule has 1 aliphatic rings. The number of hydrogen-bond donors (Lipinski definition) is 1. The van der Waals surface area contributed by atoms with Crippen LogP contribution in [-0.4, -0.2) is 19.3 Å². The van der Waals surface area contributed by atoms with Gasteiger partial charge in [0.2, 0.25) is 5.95 Å². The molecule has 0 saturated heterocycles. The summed E-state index contributed by atoms with van der Waals surface area (Å²) in [6.07, 6.45) is 5.32. The second kappa shape index (κ2) is 8.78. The summed E-state index contributed by atoms with van der Waals surface area (Å²) < 4.78 is 3.86. The lowest BCUT2D eigenvalue weighted by Gasteiger charge is -2.17. The zero-order valence-corrected chi connectivity index (χ0v) is 20.6. The zero-order valence-electron chi connectivity index (χ0n) is 19.8. The SMILES string of the molecule is Cc1nn(CCc2ccccc2)c(C)c1Nc1nc2sc3c(c2c(=O)n1C(C)C)CCCC3. The number of aryl methyl sites for hydroxylation is 5. The van der Waals surface area contributed by atoms with Crippen molar-refractivity contribution in [2.24, 2.45) is 0 Å². The Hall–Kier alpha value is -2.93. The third kappa shape index (κ3) is 3.99. The van der Waals surface area contributed by atoms with Crippen LogP contribution >= 0.6 is 11.3 Å².